The molecule has 0 radical (unpaired) electrons. The molecule has 1 aromatic carbocycles. The van der Waals surface area contributed by atoms with E-state index in [0.717, 1.165) is 11.1 Å². The minimum atomic E-state index is -3.60. The van der Waals surface area contributed by atoms with Crippen molar-refractivity contribution < 1.29 is 22.5 Å². The Morgan fingerprint density at radius 2 is 1.97 bits per heavy atom. The lowest BCUT2D eigenvalue weighted by molar-refractivity contribution is 0.0981. The van der Waals surface area contributed by atoms with E-state index in [9.17, 15) is 13.2 Å². The first-order valence-electron chi connectivity index (χ1n) is 9.09. The number of rotatable bonds is 7. The van der Waals surface area contributed by atoms with E-state index in [4.69, 9.17) is 9.26 Å². The van der Waals surface area contributed by atoms with Crippen LogP contribution in [-0.2, 0) is 16.6 Å². The normalized spacial score (nSPS) is 13.8. The summed E-state index contributed by atoms with van der Waals surface area (Å²) in [5.74, 6) is 0.244. The fraction of sp³-hybridized carbons (Fsp3) is 0.250. The Morgan fingerprint density at radius 3 is 2.62 bits per heavy atom. The SMILES string of the molecule is Cc1onc(-c2ccccc2)c1COc1ccc(C(=O)NS(=O)(=O)C2CC2)cn1. The molecule has 0 bridgehead atoms. The second kappa shape index (κ2) is 7.67. The zero-order valence-electron chi connectivity index (χ0n) is 15.7. The van der Waals surface area contributed by atoms with Gasteiger partial charge >= 0.3 is 0 Å². The average molecular weight is 413 g/mol. The van der Waals surface area contributed by atoms with Gasteiger partial charge < -0.3 is 9.26 Å². The smallest absolute Gasteiger partial charge is 0.266 e. The Kier molecular flexibility index (Phi) is 5.06. The number of aryl methyl sites for hydroxylation is 1. The van der Waals surface area contributed by atoms with Crippen molar-refractivity contribution in [3.8, 4) is 17.1 Å². The third-order valence-corrected chi connectivity index (χ3v) is 6.41. The fourth-order valence-electron chi connectivity index (χ4n) is 2.78. The molecule has 0 unspecified atom stereocenters. The number of nitrogens with zero attached hydrogens (tertiary/aromatic N) is 2. The molecule has 2 heterocycles. The number of hydrogen-bond donors (Lipinski definition) is 1. The van der Waals surface area contributed by atoms with Crippen LogP contribution in [0.4, 0.5) is 0 Å². The van der Waals surface area contributed by atoms with Gasteiger partial charge in [-0.1, -0.05) is 35.5 Å². The summed E-state index contributed by atoms with van der Waals surface area (Å²) in [7, 11) is -3.60. The molecule has 1 amide bonds. The van der Waals surface area contributed by atoms with Crippen LogP contribution >= 0.6 is 0 Å². The van der Waals surface area contributed by atoms with E-state index in [1.807, 2.05) is 30.3 Å². The van der Waals surface area contributed by atoms with Gasteiger partial charge in [0.25, 0.3) is 5.91 Å². The predicted molar refractivity (Wildman–Crippen MR) is 105 cm³/mol. The van der Waals surface area contributed by atoms with Crippen molar-refractivity contribution >= 4 is 15.9 Å². The quantitative estimate of drug-likeness (QED) is 0.634. The lowest BCUT2D eigenvalue weighted by atomic mass is 10.1. The highest BCUT2D eigenvalue weighted by Crippen LogP contribution is 2.28. The van der Waals surface area contributed by atoms with Gasteiger partial charge in [-0.05, 0) is 25.8 Å². The van der Waals surface area contributed by atoms with Crippen LogP contribution in [0.5, 0.6) is 5.88 Å². The van der Waals surface area contributed by atoms with E-state index in [-0.39, 0.29) is 12.2 Å². The lowest BCUT2D eigenvalue weighted by Gasteiger charge is -2.08. The van der Waals surface area contributed by atoms with Crippen LogP contribution in [0.3, 0.4) is 0 Å². The van der Waals surface area contributed by atoms with Crippen LogP contribution in [0.25, 0.3) is 11.3 Å². The molecular weight excluding hydrogens is 394 g/mol. The number of amides is 1. The maximum Gasteiger partial charge on any atom is 0.266 e. The second-order valence-corrected chi connectivity index (χ2v) is 8.74. The van der Waals surface area contributed by atoms with Gasteiger partial charge in [-0.15, -0.1) is 0 Å². The van der Waals surface area contributed by atoms with Crippen LogP contribution in [0.15, 0.2) is 53.2 Å². The van der Waals surface area contributed by atoms with Gasteiger partial charge in [0, 0.05) is 17.8 Å². The Balaban J connectivity index is 1.43. The number of nitrogens with one attached hydrogen (secondary N) is 1. The summed E-state index contributed by atoms with van der Waals surface area (Å²) in [5.41, 5.74) is 2.56. The molecule has 2 aromatic heterocycles. The molecule has 1 N–H and O–H groups in total. The minimum Gasteiger partial charge on any atom is -0.473 e. The van der Waals surface area contributed by atoms with Crippen LogP contribution in [0.1, 0.15) is 34.5 Å². The van der Waals surface area contributed by atoms with Crippen LogP contribution < -0.4 is 9.46 Å². The van der Waals surface area contributed by atoms with Crippen molar-refractivity contribution in [3.63, 3.8) is 0 Å². The Labute approximate surface area is 168 Å². The summed E-state index contributed by atoms with van der Waals surface area (Å²) in [4.78, 5) is 16.2. The van der Waals surface area contributed by atoms with E-state index in [1.54, 1.807) is 6.92 Å². The zero-order chi connectivity index (χ0) is 20.4. The Hall–Kier alpha value is -3.20. The fourth-order valence-corrected chi connectivity index (χ4v) is 4.08. The molecular formula is C20H19N3O5S. The second-order valence-electron chi connectivity index (χ2n) is 6.78. The zero-order valence-corrected chi connectivity index (χ0v) is 16.5. The molecule has 0 saturated heterocycles. The number of pyridine rings is 1. The molecule has 8 nitrogen and oxygen atoms in total. The average Bonchev–Trinajstić information content (AvgIpc) is 3.52. The summed E-state index contributed by atoms with van der Waals surface area (Å²) in [6.07, 6.45) is 2.45. The summed E-state index contributed by atoms with van der Waals surface area (Å²) in [6.45, 7) is 1.99. The van der Waals surface area contributed by atoms with Crippen molar-refractivity contribution in [1.29, 1.82) is 0 Å². The van der Waals surface area contributed by atoms with E-state index >= 15 is 0 Å². The molecule has 1 aliphatic rings. The number of benzene rings is 1. The monoisotopic (exact) mass is 413 g/mol. The highest BCUT2D eigenvalue weighted by atomic mass is 32.2. The van der Waals surface area contributed by atoms with Gasteiger partial charge in [0.1, 0.15) is 18.1 Å². The molecule has 0 atom stereocenters. The first kappa shape index (κ1) is 19.1. The van der Waals surface area contributed by atoms with Gasteiger partial charge in [0.05, 0.1) is 16.4 Å². The third kappa shape index (κ3) is 4.29. The highest BCUT2D eigenvalue weighted by Gasteiger charge is 2.37. The number of carbonyl (C=O) groups is 1. The van der Waals surface area contributed by atoms with Crippen molar-refractivity contribution in [1.82, 2.24) is 14.9 Å². The summed E-state index contributed by atoms with van der Waals surface area (Å²) < 4.78 is 36.8. The first-order chi connectivity index (χ1) is 13.9. The molecule has 150 valence electrons. The number of hydrogen-bond acceptors (Lipinski definition) is 7. The van der Waals surface area contributed by atoms with Gasteiger partial charge in [-0.25, -0.2) is 18.1 Å². The number of carbonyl (C=O) groups excluding carboxylic acids is 1. The van der Waals surface area contributed by atoms with E-state index in [0.29, 0.717) is 30.2 Å². The topological polar surface area (TPSA) is 111 Å². The van der Waals surface area contributed by atoms with E-state index < -0.39 is 21.2 Å². The van der Waals surface area contributed by atoms with Gasteiger partial charge in [0.15, 0.2) is 0 Å². The minimum absolute atomic E-state index is 0.146. The molecule has 1 saturated carbocycles. The van der Waals surface area contributed by atoms with Crippen molar-refractivity contribution in [2.45, 2.75) is 31.6 Å². The summed E-state index contributed by atoms with van der Waals surface area (Å²) in [5, 5.41) is 3.64. The maximum atomic E-state index is 12.1. The largest absolute Gasteiger partial charge is 0.473 e. The molecule has 9 heteroatoms. The molecule has 1 aliphatic carbocycles. The van der Waals surface area contributed by atoms with Crippen LogP contribution in [-0.4, -0.2) is 29.7 Å². The van der Waals surface area contributed by atoms with Crippen molar-refractivity contribution in [3.05, 3.63) is 65.5 Å². The third-order valence-electron chi connectivity index (χ3n) is 4.59. The molecule has 3 aromatic rings. The lowest BCUT2D eigenvalue weighted by Crippen LogP contribution is -2.33. The summed E-state index contributed by atoms with van der Waals surface area (Å²) in [6, 6.07) is 12.6. The predicted octanol–water partition coefficient (Wildman–Crippen LogP) is 2.85. The number of aromatic nitrogens is 2. The molecule has 29 heavy (non-hydrogen) atoms. The molecule has 0 spiro atoms. The van der Waals surface area contributed by atoms with Gasteiger partial charge in [0.2, 0.25) is 15.9 Å². The maximum absolute atomic E-state index is 12.1. The van der Waals surface area contributed by atoms with Crippen molar-refractivity contribution in [2.24, 2.45) is 0 Å². The number of ether oxygens (including phenoxy) is 1. The highest BCUT2D eigenvalue weighted by molar-refractivity contribution is 7.91. The molecule has 0 aliphatic heterocycles. The first-order valence-corrected chi connectivity index (χ1v) is 10.6. The Bertz CT molecular complexity index is 1120. The van der Waals surface area contributed by atoms with E-state index in [2.05, 4.69) is 14.9 Å². The van der Waals surface area contributed by atoms with Crippen LogP contribution in [0, 0.1) is 6.92 Å². The van der Waals surface area contributed by atoms with Gasteiger partial charge in [-0.3, -0.25) is 4.79 Å². The van der Waals surface area contributed by atoms with Gasteiger partial charge in [-0.2, -0.15) is 0 Å². The number of sulfonamides is 1. The van der Waals surface area contributed by atoms with Crippen molar-refractivity contribution in [2.75, 3.05) is 0 Å². The summed E-state index contributed by atoms with van der Waals surface area (Å²) >= 11 is 0. The molecule has 4 rings (SSSR count). The van der Waals surface area contributed by atoms with Crippen LogP contribution in [0.2, 0.25) is 0 Å². The Morgan fingerprint density at radius 1 is 1.21 bits per heavy atom. The standard InChI is InChI=1S/C20H19N3O5S/c1-13-17(19(22-28-13)14-5-3-2-4-6-14)12-27-18-10-7-15(11-21-18)20(24)23-29(25,26)16-8-9-16/h2-7,10-11,16H,8-9,12H2,1H3,(H,23,24). The van der Waals surface area contributed by atoms with E-state index in [1.165, 1.54) is 18.3 Å². The molecule has 1 fully saturated rings.